The van der Waals surface area contributed by atoms with Crippen molar-refractivity contribution in [3.8, 4) is 12.3 Å². The number of nitrogens with one attached hydrogen (secondary N) is 1. The van der Waals surface area contributed by atoms with E-state index in [0.29, 0.717) is 30.6 Å². The quantitative estimate of drug-likeness (QED) is 0.731. The van der Waals surface area contributed by atoms with Gasteiger partial charge in [0.2, 0.25) is 0 Å². The summed E-state index contributed by atoms with van der Waals surface area (Å²) in [5, 5.41) is 13.1. The molecule has 2 bridgehead atoms. The molecule has 4 aliphatic rings. The summed E-state index contributed by atoms with van der Waals surface area (Å²) in [5.74, 6) is 3.37. The molecule has 4 rings (SSSR count). The molecule has 154 valence electrons. The smallest absolute Gasteiger partial charge is 0.295 e. The average Bonchev–Trinajstić information content (AvgIpc) is 2.68. The summed E-state index contributed by atoms with van der Waals surface area (Å²) in [5.41, 5.74) is 0.0857. The summed E-state index contributed by atoms with van der Waals surface area (Å²) in [6.07, 6.45) is 15.6. The molecule has 0 heterocycles. The van der Waals surface area contributed by atoms with Crippen molar-refractivity contribution in [2.24, 2.45) is 33.5 Å². The first-order valence-electron chi connectivity index (χ1n) is 11.1. The Labute approximate surface area is 169 Å². The van der Waals surface area contributed by atoms with Crippen molar-refractivity contribution in [2.45, 2.75) is 78.1 Å². The van der Waals surface area contributed by atoms with Crippen LogP contribution in [0.15, 0.2) is 0 Å². The summed E-state index contributed by atoms with van der Waals surface area (Å²) in [4.78, 5) is 24.4. The van der Waals surface area contributed by atoms with Crippen LogP contribution in [0.1, 0.15) is 78.1 Å². The van der Waals surface area contributed by atoms with Crippen molar-refractivity contribution in [2.75, 3.05) is 13.2 Å². The van der Waals surface area contributed by atoms with Gasteiger partial charge in [0.25, 0.3) is 5.91 Å². The molecule has 0 radical (unpaired) electrons. The van der Waals surface area contributed by atoms with Gasteiger partial charge in [-0.15, -0.1) is 6.42 Å². The van der Waals surface area contributed by atoms with Crippen LogP contribution in [0.4, 0.5) is 0 Å². The Morgan fingerprint density at radius 1 is 1.18 bits per heavy atom. The van der Waals surface area contributed by atoms with E-state index >= 15 is 0 Å². The van der Waals surface area contributed by atoms with Crippen molar-refractivity contribution in [3.63, 3.8) is 0 Å². The number of terminal acetylenes is 1. The minimum Gasteiger partial charge on any atom is -0.395 e. The fraction of sp³-hybridized carbons (Fsp3) is 0.833. The number of rotatable bonds is 3. The number of carbonyl (C=O) groups excluding carboxylic acids is 2. The Balaban J connectivity index is 1.63. The molecule has 4 heteroatoms. The van der Waals surface area contributed by atoms with Crippen LogP contribution in [0.2, 0.25) is 0 Å². The highest BCUT2D eigenvalue weighted by molar-refractivity contribution is 5.92. The Bertz CT molecular complexity index is 726. The molecule has 4 fully saturated rings. The minimum absolute atomic E-state index is 0.0241. The number of fused-ring (bicyclic) bond motifs is 3. The van der Waals surface area contributed by atoms with E-state index in [9.17, 15) is 14.7 Å². The van der Waals surface area contributed by atoms with E-state index in [1.807, 2.05) is 0 Å². The number of aliphatic hydroxyl groups is 1. The molecule has 28 heavy (non-hydrogen) atoms. The highest BCUT2D eigenvalue weighted by Gasteiger charge is 2.65. The van der Waals surface area contributed by atoms with Gasteiger partial charge in [-0.1, -0.05) is 20.3 Å². The van der Waals surface area contributed by atoms with Gasteiger partial charge < -0.3 is 10.4 Å². The second kappa shape index (κ2) is 6.59. The van der Waals surface area contributed by atoms with Gasteiger partial charge in [-0.2, -0.15) is 0 Å². The van der Waals surface area contributed by atoms with Gasteiger partial charge in [0.15, 0.2) is 0 Å². The van der Waals surface area contributed by atoms with E-state index in [4.69, 9.17) is 6.42 Å². The first kappa shape index (κ1) is 20.0. The van der Waals surface area contributed by atoms with E-state index in [-0.39, 0.29) is 28.8 Å². The van der Waals surface area contributed by atoms with Gasteiger partial charge in [-0.05, 0) is 85.4 Å². The Morgan fingerprint density at radius 3 is 2.64 bits per heavy atom. The SMILES string of the molecule is C#CC(=O)NC[C@]1(C)CCC[C@]2(C)C1CC[C@@]13CCC(=O)[C@@](CO)(CCC12)C3. The van der Waals surface area contributed by atoms with Crippen LogP contribution in [0, 0.1) is 45.8 Å². The number of Topliss-reactive ketones (excluding diaryl/α,β-unsaturated/α-hetero) is 1. The second-order valence-electron chi connectivity index (χ2n) is 10.9. The molecule has 0 aromatic rings. The highest BCUT2D eigenvalue weighted by Crippen LogP contribution is 2.71. The van der Waals surface area contributed by atoms with Crippen LogP contribution in [0.5, 0.6) is 0 Å². The first-order valence-corrected chi connectivity index (χ1v) is 11.1. The molecule has 0 aromatic heterocycles. The molecule has 1 amide bonds. The molecular weight excluding hydrogens is 350 g/mol. The van der Waals surface area contributed by atoms with Gasteiger partial charge in [0, 0.05) is 13.0 Å². The lowest BCUT2D eigenvalue weighted by molar-refractivity contribution is -0.195. The maximum Gasteiger partial charge on any atom is 0.295 e. The van der Waals surface area contributed by atoms with E-state index in [2.05, 4.69) is 25.1 Å². The van der Waals surface area contributed by atoms with Crippen LogP contribution >= 0.6 is 0 Å². The molecule has 4 aliphatic carbocycles. The standard InChI is InChI=1S/C24H35NO3/c1-4-20(28)25-15-21(2)9-5-10-22(3)17(21)6-11-23-13-8-19(27)24(14-23,16-26)12-7-18(22)23/h1,17-18,26H,5-16H2,2-3H3,(H,25,28)/t17?,18?,21-,22+,23-,24-/m0/s1. The average molecular weight is 386 g/mol. The summed E-state index contributed by atoms with van der Waals surface area (Å²) < 4.78 is 0. The van der Waals surface area contributed by atoms with Gasteiger partial charge >= 0.3 is 0 Å². The minimum atomic E-state index is -0.462. The zero-order chi connectivity index (χ0) is 20.2. The van der Waals surface area contributed by atoms with E-state index < -0.39 is 5.41 Å². The Kier molecular flexibility index (Phi) is 4.70. The highest BCUT2D eigenvalue weighted by atomic mass is 16.3. The largest absolute Gasteiger partial charge is 0.395 e. The fourth-order valence-corrected chi connectivity index (χ4v) is 8.47. The lowest BCUT2D eigenvalue weighted by Gasteiger charge is -2.68. The van der Waals surface area contributed by atoms with Crippen molar-refractivity contribution < 1.29 is 14.7 Å². The fourth-order valence-electron chi connectivity index (χ4n) is 8.47. The number of carbonyl (C=O) groups is 2. The Morgan fingerprint density at radius 2 is 1.93 bits per heavy atom. The van der Waals surface area contributed by atoms with Gasteiger partial charge in [-0.25, -0.2) is 0 Å². The molecule has 1 spiro atoms. The predicted molar refractivity (Wildman–Crippen MR) is 108 cm³/mol. The van der Waals surface area contributed by atoms with Crippen LogP contribution in [0.3, 0.4) is 0 Å². The molecule has 2 unspecified atom stereocenters. The van der Waals surface area contributed by atoms with Crippen molar-refractivity contribution >= 4 is 11.7 Å². The zero-order valence-corrected chi connectivity index (χ0v) is 17.5. The lowest BCUT2D eigenvalue weighted by atomic mass is 9.36. The predicted octanol–water partition coefficient (Wildman–Crippen LogP) is 3.47. The number of aliphatic hydroxyl groups excluding tert-OH is 1. The van der Waals surface area contributed by atoms with Crippen molar-refractivity contribution in [1.82, 2.24) is 5.32 Å². The van der Waals surface area contributed by atoms with Gasteiger partial charge in [0.05, 0.1) is 12.0 Å². The first-order chi connectivity index (χ1) is 13.2. The molecule has 4 saturated carbocycles. The number of hydrogen-bond acceptors (Lipinski definition) is 3. The monoisotopic (exact) mass is 385 g/mol. The molecule has 0 saturated heterocycles. The lowest BCUT2D eigenvalue weighted by Crippen LogP contribution is -2.63. The number of amides is 1. The number of ketones is 1. The van der Waals surface area contributed by atoms with Crippen LogP contribution < -0.4 is 5.32 Å². The zero-order valence-electron chi connectivity index (χ0n) is 17.5. The van der Waals surface area contributed by atoms with Gasteiger partial charge in [0.1, 0.15) is 5.78 Å². The molecule has 0 aliphatic heterocycles. The molecular formula is C24H35NO3. The van der Waals surface area contributed by atoms with Crippen molar-refractivity contribution in [1.29, 1.82) is 0 Å². The molecule has 6 atom stereocenters. The number of hydrogen-bond donors (Lipinski definition) is 2. The van der Waals surface area contributed by atoms with E-state index in [1.54, 1.807) is 0 Å². The van der Waals surface area contributed by atoms with Gasteiger partial charge in [-0.3, -0.25) is 9.59 Å². The summed E-state index contributed by atoms with van der Waals surface area (Å²) in [6, 6.07) is 0. The van der Waals surface area contributed by atoms with E-state index in [0.717, 1.165) is 44.9 Å². The summed E-state index contributed by atoms with van der Waals surface area (Å²) in [7, 11) is 0. The van der Waals surface area contributed by atoms with Crippen LogP contribution in [-0.2, 0) is 9.59 Å². The van der Waals surface area contributed by atoms with Crippen molar-refractivity contribution in [3.05, 3.63) is 0 Å². The summed E-state index contributed by atoms with van der Waals surface area (Å²) in [6.45, 7) is 5.52. The molecule has 0 aromatic carbocycles. The normalized spacial score (nSPS) is 47.4. The third-order valence-corrected chi connectivity index (χ3v) is 9.70. The maximum absolute atomic E-state index is 12.7. The Hall–Kier alpha value is -1.34. The molecule has 2 N–H and O–H groups in total. The third kappa shape index (κ3) is 2.69. The van der Waals surface area contributed by atoms with Crippen LogP contribution in [0.25, 0.3) is 0 Å². The van der Waals surface area contributed by atoms with E-state index in [1.165, 1.54) is 12.8 Å². The second-order valence-corrected chi connectivity index (χ2v) is 10.9. The maximum atomic E-state index is 12.7. The topological polar surface area (TPSA) is 66.4 Å². The summed E-state index contributed by atoms with van der Waals surface area (Å²) >= 11 is 0. The van der Waals surface area contributed by atoms with Crippen LogP contribution in [-0.4, -0.2) is 29.9 Å². The third-order valence-electron chi connectivity index (χ3n) is 9.70. The molecule has 4 nitrogen and oxygen atoms in total.